The van der Waals surface area contributed by atoms with E-state index in [2.05, 4.69) is 52.8 Å². The summed E-state index contributed by atoms with van der Waals surface area (Å²) >= 11 is 1.76. The van der Waals surface area contributed by atoms with E-state index in [1.165, 1.54) is 42.5 Å². The third-order valence-corrected chi connectivity index (χ3v) is 11.5. The molecule has 246 valence electrons. The number of aromatic nitrogens is 1. The second-order valence-electron chi connectivity index (χ2n) is 13.1. The van der Waals surface area contributed by atoms with Gasteiger partial charge >= 0.3 is 6.18 Å². The topological polar surface area (TPSA) is 119 Å². The number of aryl methyl sites for hydroxylation is 1. The van der Waals surface area contributed by atoms with E-state index in [-0.39, 0.29) is 23.3 Å². The molecule has 6 rings (SSSR count). The molecule has 2 aliphatic carbocycles. The number of carbonyl (C=O) groups excluding carboxylic acids is 3. The Kier molecular flexibility index (Phi) is 10.2. The van der Waals surface area contributed by atoms with Crippen LogP contribution in [-0.2, 0) is 19.8 Å². The van der Waals surface area contributed by atoms with E-state index in [1.54, 1.807) is 18.3 Å². The number of likely N-dealkylation sites (tertiary alicyclic amines) is 1. The highest BCUT2D eigenvalue weighted by Crippen LogP contribution is 2.50. The number of nitrogens with zero attached hydrogens (tertiary/aromatic N) is 2. The van der Waals surface area contributed by atoms with Crippen LogP contribution >= 0.6 is 11.3 Å². The number of halogens is 3. The Labute approximate surface area is 266 Å². The number of carboxylic acids is 1. The molecule has 12 heteroatoms. The summed E-state index contributed by atoms with van der Waals surface area (Å²) in [5, 5.41) is 15.3. The van der Waals surface area contributed by atoms with Crippen LogP contribution in [0.15, 0.2) is 30.3 Å². The number of aliphatic carboxylic acids is 1. The number of quaternary nitrogens is 1. The average molecular weight is 649 g/mol. The van der Waals surface area contributed by atoms with Crippen LogP contribution in [0.4, 0.5) is 13.2 Å². The first-order chi connectivity index (χ1) is 21.4. The number of rotatable bonds is 4. The van der Waals surface area contributed by atoms with Crippen molar-refractivity contribution in [2.45, 2.75) is 101 Å². The molecule has 2 aromatic rings. The zero-order valence-electron chi connectivity index (χ0n) is 25.9. The minimum atomic E-state index is -5.19. The lowest BCUT2D eigenvalue weighted by Gasteiger charge is -2.47. The molecule has 2 saturated heterocycles. The smallest absolute Gasteiger partial charge is 0.430 e. The third kappa shape index (κ3) is 7.21. The first-order valence-electron chi connectivity index (χ1n) is 16.1. The highest BCUT2D eigenvalue weighted by molar-refractivity contribution is 7.11. The number of benzene rings is 1. The third-order valence-electron chi connectivity index (χ3n) is 10.3. The lowest BCUT2D eigenvalue weighted by Crippen LogP contribution is -2.82. The maximum atomic E-state index is 14.7. The molecule has 1 aromatic heterocycles. The van der Waals surface area contributed by atoms with E-state index >= 15 is 0 Å². The molecule has 5 atom stereocenters. The first-order valence-corrected chi connectivity index (χ1v) is 16.9. The molecule has 3 heterocycles. The molecule has 2 aliphatic heterocycles. The summed E-state index contributed by atoms with van der Waals surface area (Å²) in [5.74, 6) is -1.48. The van der Waals surface area contributed by atoms with Crippen LogP contribution in [-0.4, -0.2) is 59.5 Å². The van der Waals surface area contributed by atoms with Crippen molar-refractivity contribution in [2.24, 2.45) is 11.8 Å². The van der Waals surface area contributed by atoms with E-state index in [0.717, 1.165) is 56.0 Å². The number of carboxylic acid groups (broad SMARTS) is 1. The maximum Gasteiger partial charge on any atom is 0.430 e. The quantitative estimate of drug-likeness (QED) is 0.526. The Balaban J connectivity index is 0.000000515. The van der Waals surface area contributed by atoms with Gasteiger partial charge in [-0.3, -0.25) is 9.59 Å². The van der Waals surface area contributed by atoms with Crippen molar-refractivity contribution in [1.82, 2.24) is 15.2 Å². The van der Waals surface area contributed by atoms with Gasteiger partial charge in [-0.1, -0.05) is 49.6 Å². The summed E-state index contributed by atoms with van der Waals surface area (Å²) in [6.07, 6.45) is 5.20. The van der Waals surface area contributed by atoms with Crippen molar-refractivity contribution in [3.63, 3.8) is 0 Å². The molecular weight excluding hydrogens is 605 g/mol. The molecule has 1 aromatic carbocycles. The number of thiazole rings is 1. The van der Waals surface area contributed by atoms with Gasteiger partial charge in [0.25, 0.3) is 0 Å². The fourth-order valence-electron chi connectivity index (χ4n) is 8.28. The normalized spacial score (nSPS) is 28.6. The minimum absolute atomic E-state index is 0.00947. The Morgan fingerprint density at radius 1 is 1.09 bits per heavy atom. The van der Waals surface area contributed by atoms with Crippen molar-refractivity contribution in [3.05, 3.63) is 51.5 Å². The number of amides is 2. The fraction of sp³-hybridized carbons (Fsp3) is 0.636. The number of carbonyl (C=O) groups is 3. The van der Waals surface area contributed by atoms with Gasteiger partial charge in [0.05, 0.1) is 35.2 Å². The lowest BCUT2D eigenvalue weighted by atomic mass is 9.67. The number of fused-ring (bicyclic) bond motifs is 2. The molecule has 8 nitrogen and oxygen atoms in total. The molecular formula is C33H43F3N4O4S. The summed E-state index contributed by atoms with van der Waals surface area (Å²) < 4.78 is 31.5. The van der Waals surface area contributed by atoms with E-state index in [0.29, 0.717) is 23.8 Å². The van der Waals surface area contributed by atoms with Gasteiger partial charge in [-0.05, 0) is 62.8 Å². The van der Waals surface area contributed by atoms with Crippen molar-refractivity contribution < 1.29 is 38.0 Å². The number of piperidine rings is 1. The van der Waals surface area contributed by atoms with Gasteiger partial charge < -0.3 is 25.4 Å². The van der Waals surface area contributed by atoms with Crippen LogP contribution in [0.3, 0.4) is 0 Å². The monoisotopic (exact) mass is 648 g/mol. The number of hydrogen-bond acceptors (Lipinski definition) is 6. The Morgan fingerprint density at radius 3 is 2.42 bits per heavy atom. The standard InChI is InChI=1S/C31H42N4O2S.C2HF3O2/c1-20(36)33-26-13-15-31(29-28(26)34-21(2)38-29)19-32-18-25(31)30(37)35-16-14-24(22-9-5-3-6-10-22)17-27(35)23-11-7-4-8-12-23;3-2(4,5)1(6)7/h3,5-6,9-10,23-27,32H,4,7-8,11-19H2,1-2H3,(H,33,36);(H,6,7)/t24-,25+,26?,27+,31-;/m1./s1. The second-order valence-corrected chi connectivity index (χ2v) is 14.3. The van der Waals surface area contributed by atoms with Crippen LogP contribution < -0.4 is 15.7 Å². The molecule has 1 spiro atoms. The number of nitrogens with one attached hydrogen (secondary N) is 1. The Morgan fingerprint density at radius 2 is 1.78 bits per heavy atom. The minimum Gasteiger partial charge on any atom is -0.542 e. The van der Waals surface area contributed by atoms with Gasteiger partial charge in [0.1, 0.15) is 11.9 Å². The van der Waals surface area contributed by atoms with Crippen molar-refractivity contribution in [3.8, 4) is 0 Å². The summed E-state index contributed by atoms with van der Waals surface area (Å²) in [6, 6.07) is 11.3. The Hall–Kier alpha value is -2.99. The molecule has 3 fully saturated rings. The molecule has 45 heavy (non-hydrogen) atoms. The van der Waals surface area contributed by atoms with E-state index in [1.807, 2.05) is 0 Å². The molecule has 0 radical (unpaired) electrons. The van der Waals surface area contributed by atoms with Crippen LogP contribution in [0, 0.1) is 18.8 Å². The molecule has 3 N–H and O–H groups in total. The van der Waals surface area contributed by atoms with Gasteiger partial charge in [0, 0.05) is 24.4 Å². The Bertz CT molecular complexity index is 1360. The number of nitrogens with two attached hydrogens (primary N) is 1. The highest BCUT2D eigenvalue weighted by Gasteiger charge is 2.57. The molecule has 2 amide bonds. The van der Waals surface area contributed by atoms with Gasteiger partial charge in [-0.25, -0.2) is 4.98 Å². The number of alkyl halides is 3. The average Bonchev–Trinajstić information content (AvgIpc) is 3.63. The lowest BCUT2D eigenvalue weighted by molar-refractivity contribution is -0.640. The zero-order chi connectivity index (χ0) is 32.4. The van der Waals surface area contributed by atoms with Crippen LogP contribution in [0.1, 0.15) is 97.8 Å². The van der Waals surface area contributed by atoms with Crippen molar-refractivity contribution >= 4 is 29.1 Å². The van der Waals surface area contributed by atoms with Gasteiger partial charge in [0.15, 0.2) is 0 Å². The van der Waals surface area contributed by atoms with Crippen LogP contribution in [0.2, 0.25) is 0 Å². The predicted octanol–water partition coefficient (Wildman–Crippen LogP) is 3.51. The van der Waals surface area contributed by atoms with Gasteiger partial charge in [-0.2, -0.15) is 13.2 Å². The number of hydrogen-bond donors (Lipinski definition) is 2. The molecule has 1 unspecified atom stereocenters. The van der Waals surface area contributed by atoms with E-state index < -0.39 is 12.1 Å². The zero-order valence-corrected chi connectivity index (χ0v) is 26.7. The van der Waals surface area contributed by atoms with Crippen LogP contribution in [0.5, 0.6) is 0 Å². The van der Waals surface area contributed by atoms with Gasteiger partial charge in [-0.15, -0.1) is 11.3 Å². The second kappa shape index (κ2) is 13.8. The summed E-state index contributed by atoms with van der Waals surface area (Å²) in [6.45, 7) is 6.32. The molecule has 0 bridgehead atoms. The van der Waals surface area contributed by atoms with Gasteiger partial charge in [0.2, 0.25) is 11.8 Å². The fourth-order valence-corrected chi connectivity index (χ4v) is 9.54. The summed E-state index contributed by atoms with van der Waals surface area (Å²) in [5.41, 5.74) is 2.29. The maximum absolute atomic E-state index is 14.7. The van der Waals surface area contributed by atoms with Crippen molar-refractivity contribution in [2.75, 3.05) is 19.6 Å². The molecule has 1 saturated carbocycles. The molecule has 4 aliphatic rings. The first kappa shape index (κ1) is 33.4. The predicted molar refractivity (Wildman–Crippen MR) is 161 cm³/mol. The van der Waals surface area contributed by atoms with Crippen LogP contribution in [0.25, 0.3) is 0 Å². The SMILES string of the molecule is CC(=O)NC1CC[C@]2(C[NH2+]C[C@H]2C(=O)N2CC[C@@H](c3ccccc3)C[C@H]2C2CCCCC2)c2sc(C)nc21.O=C([O-])C(F)(F)F. The summed E-state index contributed by atoms with van der Waals surface area (Å²) in [4.78, 5) is 43.9. The van der Waals surface area contributed by atoms with E-state index in [9.17, 15) is 22.8 Å². The van der Waals surface area contributed by atoms with Crippen molar-refractivity contribution in [1.29, 1.82) is 0 Å². The highest BCUT2D eigenvalue weighted by atomic mass is 32.1. The summed E-state index contributed by atoms with van der Waals surface area (Å²) in [7, 11) is 0. The largest absolute Gasteiger partial charge is 0.542 e. The van der Waals surface area contributed by atoms with E-state index in [4.69, 9.17) is 14.9 Å².